The molecule has 0 heterocycles. The molecule has 0 atom stereocenters. The molecule has 70 valence electrons. The fourth-order valence-corrected chi connectivity index (χ4v) is 2.34. The van der Waals surface area contributed by atoms with Gasteiger partial charge in [0.05, 0.1) is 0 Å². The van der Waals surface area contributed by atoms with Crippen molar-refractivity contribution in [2.45, 2.75) is 0 Å². The minimum Gasteiger partial charge on any atom is -0.0622 e. The maximum Gasteiger partial charge on any atom is 0.0387 e. The zero-order valence-electron chi connectivity index (χ0n) is 7.37. The summed E-state index contributed by atoms with van der Waals surface area (Å²) in [5.41, 5.74) is 2.50. The second-order valence-corrected chi connectivity index (χ2v) is 4.92. The Labute approximate surface area is 106 Å². The van der Waals surface area contributed by atoms with Crippen LogP contribution in [0.5, 0.6) is 0 Å². The topological polar surface area (TPSA) is 0 Å². The first-order chi connectivity index (χ1) is 6.79. The Morgan fingerprint density at radius 1 is 0.857 bits per heavy atom. The fraction of sp³-hybridized carbons (Fsp3) is 0. The van der Waals surface area contributed by atoms with Gasteiger partial charge in [-0.05, 0) is 55.7 Å². The zero-order valence-corrected chi connectivity index (χ0v) is 11.1. The van der Waals surface area contributed by atoms with Crippen LogP contribution in [0.15, 0.2) is 53.0 Å². The molecular weight excluding hydrogens is 351 g/mol. The van der Waals surface area contributed by atoms with E-state index < -0.39 is 0 Å². The number of hydrogen-bond donors (Lipinski definition) is 0. The first-order valence-corrected chi connectivity index (χ1v) is 6.15. The second-order valence-electron chi connectivity index (χ2n) is 2.97. The third kappa shape index (κ3) is 2.01. The lowest BCUT2D eigenvalue weighted by Gasteiger charge is -2.05. The Kier molecular flexibility index (Phi) is 3.23. The molecule has 0 saturated carbocycles. The summed E-state index contributed by atoms with van der Waals surface area (Å²) in [6.45, 7) is 0. The highest BCUT2D eigenvalue weighted by atomic mass is 127. The van der Waals surface area contributed by atoms with Gasteiger partial charge in [0.25, 0.3) is 0 Å². The summed E-state index contributed by atoms with van der Waals surface area (Å²) in [6, 6.07) is 16.7. The first kappa shape index (κ1) is 10.2. The van der Waals surface area contributed by atoms with Crippen LogP contribution in [0.1, 0.15) is 0 Å². The Bertz CT molecular complexity index is 437. The Balaban J connectivity index is 2.58. The molecule has 2 rings (SSSR count). The predicted octanol–water partition coefficient (Wildman–Crippen LogP) is 4.72. The van der Waals surface area contributed by atoms with E-state index in [-0.39, 0.29) is 0 Å². The summed E-state index contributed by atoms with van der Waals surface area (Å²) in [5.74, 6) is 0. The largest absolute Gasteiger partial charge is 0.0622 e. The van der Waals surface area contributed by atoms with Gasteiger partial charge in [0, 0.05) is 8.04 Å². The molecule has 0 saturated heterocycles. The zero-order chi connectivity index (χ0) is 9.97. The van der Waals surface area contributed by atoms with Crippen LogP contribution in [0.3, 0.4) is 0 Å². The SMILES string of the molecule is Brc1c(I)cccc1-c1ccccc1. The molecule has 2 aromatic carbocycles. The van der Waals surface area contributed by atoms with E-state index in [1.54, 1.807) is 0 Å². The number of halogens is 2. The molecule has 2 aromatic rings. The number of hydrogen-bond acceptors (Lipinski definition) is 0. The van der Waals surface area contributed by atoms with Gasteiger partial charge in [-0.1, -0.05) is 42.5 Å². The molecule has 0 nitrogen and oxygen atoms in total. The standard InChI is InChI=1S/C12H8BrI/c13-12-10(7-4-8-11(12)14)9-5-2-1-3-6-9/h1-8H. The van der Waals surface area contributed by atoms with Gasteiger partial charge in [0.1, 0.15) is 0 Å². The van der Waals surface area contributed by atoms with Gasteiger partial charge in [-0.15, -0.1) is 0 Å². The maximum atomic E-state index is 3.61. The molecule has 2 heteroatoms. The lowest BCUT2D eigenvalue weighted by atomic mass is 10.1. The van der Waals surface area contributed by atoms with Gasteiger partial charge < -0.3 is 0 Å². The third-order valence-electron chi connectivity index (χ3n) is 2.04. The number of benzene rings is 2. The molecule has 0 amide bonds. The van der Waals surface area contributed by atoms with Crippen molar-refractivity contribution < 1.29 is 0 Å². The van der Waals surface area contributed by atoms with E-state index in [4.69, 9.17) is 0 Å². The lowest BCUT2D eigenvalue weighted by molar-refractivity contribution is 1.55. The van der Waals surface area contributed by atoms with Crippen molar-refractivity contribution in [3.8, 4) is 11.1 Å². The highest BCUT2D eigenvalue weighted by Crippen LogP contribution is 2.31. The van der Waals surface area contributed by atoms with Crippen molar-refractivity contribution in [2.75, 3.05) is 0 Å². The molecular formula is C12H8BrI. The van der Waals surface area contributed by atoms with Gasteiger partial charge in [-0.3, -0.25) is 0 Å². The minimum absolute atomic E-state index is 1.17. The van der Waals surface area contributed by atoms with Gasteiger partial charge in [-0.2, -0.15) is 0 Å². The fourth-order valence-electron chi connectivity index (χ4n) is 1.34. The minimum atomic E-state index is 1.17. The monoisotopic (exact) mass is 358 g/mol. The maximum absolute atomic E-state index is 3.61. The summed E-state index contributed by atoms with van der Waals surface area (Å²) in [7, 11) is 0. The van der Waals surface area contributed by atoms with Crippen molar-refractivity contribution in [1.82, 2.24) is 0 Å². The molecule has 0 bridgehead atoms. The highest BCUT2D eigenvalue weighted by Gasteiger charge is 2.04. The van der Waals surface area contributed by atoms with Crippen molar-refractivity contribution in [3.63, 3.8) is 0 Å². The van der Waals surface area contributed by atoms with Gasteiger partial charge in [-0.25, -0.2) is 0 Å². The van der Waals surface area contributed by atoms with Gasteiger partial charge in [0.2, 0.25) is 0 Å². The van der Waals surface area contributed by atoms with Crippen molar-refractivity contribution in [2.24, 2.45) is 0 Å². The predicted molar refractivity (Wildman–Crippen MR) is 72.3 cm³/mol. The average molecular weight is 359 g/mol. The Morgan fingerprint density at radius 2 is 1.57 bits per heavy atom. The van der Waals surface area contributed by atoms with Crippen molar-refractivity contribution >= 4 is 38.5 Å². The quantitative estimate of drug-likeness (QED) is 0.647. The normalized spacial score (nSPS) is 10.1. The summed E-state index contributed by atoms with van der Waals surface area (Å²) in [6.07, 6.45) is 0. The Morgan fingerprint density at radius 3 is 2.29 bits per heavy atom. The molecule has 0 aliphatic carbocycles. The van der Waals surface area contributed by atoms with Crippen LogP contribution in [-0.2, 0) is 0 Å². The van der Waals surface area contributed by atoms with E-state index in [0.29, 0.717) is 0 Å². The number of rotatable bonds is 1. The van der Waals surface area contributed by atoms with Crippen LogP contribution in [0, 0.1) is 3.57 Å². The molecule has 0 unspecified atom stereocenters. The molecule has 0 aliphatic heterocycles. The molecule has 0 aliphatic rings. The van der Waals surface area contributed by atoms with E-state index >= 15 is 0 Å². The van der Waals surface area contributed by atoms with E-state index in [2.05, 4.69) is 81.0 Å². The Hall–Kier alpha value is -0.350. The van der Waals surface area contributed by atoms with E-state index in [1.807, 2.05) is 6.07 Å². The summed E-state index contributed by atoms with van der Waals surface area (Å²) < 4.78 is 2.41. The van der Waals surface area contributed by atoms with Crippen molar-refractivity contribution in [3.05, 3.63) is 56.6 Å². The third-order valence-corrected chi connectivity index (χ3v) is 4.53. The van der Waals surface area contributed by atoms with E-state index in [0.717, 1.165) is 0 Å². The summed E-state index contributed by atoms with van der Waals surface area (Å²) >= 11 is 5.94. The van der Waals surface area contributed by atoms with E-state index in [1.165, 1.54) is 19.2 Å². The highest BCUT2D eigenvalue weighted by molar-refractivity contribution is 14.1. The second kappa shape index (κ2) is 4.45. The van der Waals surface area contributed by atoms with Gasteiger partial charge in [0.15, 0.2) is 0 Å². The molecule has 14 heavy (non-hydrogen) atoms. The molecule has 0 fully saturated rings. The van der Waals surface area contributed by atoms with Crippen LogP contribution < -0.4 is 0 Å². The lowest BCUT2D eigenvalue weighted by Crippen LogP contribution is -1.81. The molecule has 0 spiro atoms. The van der Waals surface area contributed by atoms with E-state index in [9.17, 15) is 0 Å². The summed E-state index contributed by atoms with van der Waals surface area (Å²) in [5, 5.41) is 0. The first-order valence-electron chi connectivity index (χ1n) is 4.28. The van der Waals surface area contributed by atoms with Crippen LogP contribution in [0.2, 0.25) is 0 Å². The van der Waals surface area contributed by atoms with Crippen LogP contribution >= 0.6 is 38.5 Å². The summed E-state index contributed by atoms with van der Waals surface area (Å²) in [4.78, 5) is 0. The smallest absolute Gasteiger partial charge is 0.0387 e. The molecule has 0 radical (unpaired) electrons. The van der Waals surface area contributed by atoms with Crippen LogP contribution in [0.25, 0.3) is 11.1 Å². The van der Waals surface area contributed by atoms with Crippen LogP contribution in [-0.4, -0.2) is 0 Å². The van der Waals surface area contributed by atoms with Crippen LogP contribution in [0.4, 0.5) is 0 Å². The van der Waals surface area contributed by atoms with Gasteiger partial charge >= 0.3 is 0 Å². The molecule has 0 aromatic heterocycles. The molecule has 0 N–H and O–H groups in total. The average Bonchev–Trinajstić information content (AvgIpc) is 2.23. The van der Waals surface area contributed by atoms with Crippen molar-refractivity contribution in [1.29, 1.82) is 0 Å².